The quantitative estimate of drug-likeness (QED) is 0.570. The highest BCUT2D eigenvalue weighted by atomic mass is 16.9. The van der Waals surface area contributed by atoms with Crippen LogP contribution in [0.4, 0.5) is 0 Å². The number of hydrogen-bond donors (Lipinski definition) is 1. The Morgan fingerprint density at radius 2 is 1.82 bits per heavy atom. The predicted molar refractivity (Wildman–Crippen MR) is 37.6 cm³/mol. The molecule has 0 spiro atoms. The summed E-state index contributed by atoms with van der Waals surface area (Å²) >= 11 is 0. The molecule has 0 aromatic heterocycles. The minimum absolute atomic E-state index is 0.262. The molecule has 0 aliphatic carbocycles. The van der Waals surface area contributed by atoms with Crippen molar-refractivity contribution < 1.29 is 19.6 Å². The largest absolute Gasteiger partial charge is 0.480 e. The van der Waals surface area contributed by atoms with Crippen molar-refractivity contribution in [3.63, 3.8) is 0 Å². The third-order valence-electron chi connectivity index (χ3n) is 0.811. The van der Waals surface area contributed by atoms with Gasteiger partial charge in [0.05, 0.1) is 13.2 Å². The summed E-state index contributed by atoms with van der Waals surface area (Å²) in [5, 5.41) is 9.30. The molecule has 11 heavy (non-hydrogen) atoms. The van der Waals surface area contributed by atoms with Gasteiger partial charge in [-0.25, -0.2) is 0 Å². The number of aliphatic carboxylic acids is 1. The topological polar surface area (TPSA) is 59.0 Å². The second-order valence-electron chi connectivity index (χ2n) is 1.72. The average Bonchev–Trinajstić information content (AvgIpc) is 1.87. The Balaban J connectivity index is 3.59. The van der Waals surface area contributed by atoms with Gasteiger partial charge in [-0.2, -0.15) is 0 Å². The van der Waals surface area contributed by atoms with Gasteiger partial charge < -0.3 is 5.11 Å². The molecular formula is C6H13NO4. The van der Waals surface area contributed by atoms with E-state index in [1.54, 1.807) is 13.8 Å². The van der Waals surface area contributed by atoms with Crippen molar-refractivity contribution in [3.05, 3.63) is 0 Å². The van der Waals surface area contributed by atoms with Crippen molar-refractivity contribution >= 4 is 5.97 Å². The highest BCUT2D eigenvalue weighted by Gasteiger charge is 2.08. The lowest BCUT2D eigenvalue weighted by atomic mass is 10.7. The van der Waals surface area contributed by atoms with Crippen LogP contribution in [0.1, 0.15) is 13.8 Å². The molecule has 0 amide bonds. The number of carbonyl (C=O) groups is 1. The maximum absolute atomic E-state index is 10.2. The van der Waals surface area contributed by atoms with Gasteiger partial charge in [-0.3, -0.25) is 14.5 Å². The predicted octanol–water partition coefficient (Wildman–Crippen LogP) is 0.276. The Kier molecular flexibility index (Phi) is 5.73. The maximum Gasteiger partial charge on any atom is 0.322 e. The smallest absolute Gasteiger partial charge is 0.322 e. The first-order valence-corrected chi connectivity index (χ1v) is 3.45. The van der Waals surface area contributed by atoms with Crippen LogP contribution in [-0.2, 0) is 14.5 Å². The van der Waals surface area contributed by atoms with Crippen molar-refractivity contribution in [1.82, 2.24) is 5.23 Å². The number of rotatable bonds is 6. The average molecular weight is 163 g/mol. The van der Waals surface area contributed by atoms with Crippen LogP contribution in [0.15, 0.2) is 0 Å². The van der Waals surface area contributed by atoms with Crippen LogP contribution in [-0.4, -0.2) is 36.1 Å². The fourth-order valence-electron chi connectivity index (χ4n) is 0.527. The molecule has 0 aromatic carbocycles. The highest BCUT2D eigenvalue weighted by Crippen LogP contribution is 1.91. The molecule has 0 heterocycles. The molecule has 66 valence electrons. The van der Waals surface area contributed by atoms with Crippen molar-refractivity contribution in [2.75, 3.05) is 19.8 Å². The van der Waals surface area contributed by atoms with Gasteiger partial charge in [0.2, 0.25) is 0 Å². The van der Waals surface area contributed by atoms with Gasteiger partial charge in [0.25, 0.3) is 0 Å². The Labute approximate surface area is 65.4 Å². The molecule has 0 bridgehead atoms. The first-order chi connectivity index (χ1) is 5.20. The van der Waals surface area contributed by atoms with Crippen molar-refractivity contribution in [2.45, 2.75) is 13.8 Å². The van der Waals surface area contributed by atoms with E-state index in [-0.39, 0.29) is 6.54 Å². The molecule has 0 saturated heterocycles. The monoisotopic (exact) mass is 163 g/mol. The van der Waals surface area contributed by atoms with E-state index in [9.17, 15) is 4.79 Å². The fraction of sp³-hybridized carbons (Fsp3) is 0.833. The molecular weight excluding hydrogens is 150 g/mol. The molecule has 1 N–H and O–H groups in total. The molecule has 0 aliphatic rings. The summed E-state index contributed by atoms with van der Waals surface area (Å²) in [6, 6.07) is 0. The summed E-state index contributed by atoms with van der Waals surface area (Å²) in [6.07, 6.45) is 0. The van der Waals surface area contributed by atoms with Gasteiger partial charge in [-0.15, -0.1) is 0 Å². The molecule has 0 atom stereocenters. The van der Waals surface area contributed by atoms with Gasteiger partial charge in [-0.1, -0.05) is 5.23 Å². The molecule has 0 fully saturated rings. The Morgan fingerprint density at radius 3 is 2.09 bits per heavy atom. The van der Waals surface area contributed by atoms with Crippen molar-refractivity contribution in [3.8, 4) is 0 Å². The SMILES string of the molecule is CCON(CC(=O)O)OCC. The molecule has 0 radical (unpaired) electrons. The van der Waals surface area contributed by atoms with Crippen molar-refractivity contribution in [2.24, 2.45) is 0 Å². The molecule has 0 rings (SSSR count). The lowest BCUT2D eigenvalue weighted by molar-refractivity contribution is -0.361. The van der Waals surface area contributed by atoms with Crippen LogP contribution in [0.2, 0.25) is 0 Å². The van der Waals surface area contributed by atoms with Crippen LogP contribution in [0, 0.1) is 0 Å². The number of hydrogen-bond acceptors (Lipinski definition) is 4. The number of carboxylic acid groups (broad SMARTS) is 1. The molecule has 0 aromatic rings. The zero-order valence-electron chi connectivity index (χ0n) is 6.74. The van der Waals surface area contributed by atoms with E-state index in [1.807, 2.05) is 0 Å². The second-order valence-corrected chi connectivity index (χ2v) is 1.72. The van der Waals surface area contributed by atoms with E-state index in [0.29, 0.717) is 13.2 Å². The molecule has 0 saturated carbocycles. The molecule has 5 heteroatoms. The lowest BCUT2D eigenvalue weighted by Crippen LogP contribution is -2.30. The fourth-order valence-corrected chi connectivity index (χ4v) is 0.527. The van der Waals surface area contributed by atoms with Crippen LogP contribution < -0.4 is 0 Å². The number of carboxylic acids is 1. The van der Waals surface area contributed by atoms with Gasteiger partial charge >= 0.3 is 5.97 Å². The third kappa shape index (κ3) is 5.78. The second kappa shape index (κ2) is 6.09. The van der Waals surface area contributed by atoms with Crippen molar-refractivity contribution in [1.29, 1.82) is 0 Å². The third-order valence-corrected chi connectivity index (χ3v) is 0.811. The standard InChI is InChI=1S/C6H13NO4/c1-3-10-7(11-4-2)5-6(8)9/h3-5H2,1-2H3,(H,8,9). The highest BCUT2D eigenvalue weighted by molar-refractivity contribution is 5.68. The van der Waals surface area contributed by atoms with Gasteiger partial charge in [-0.05, 0) is 13.8 Å². The molecule has 0 aliphatic heterocycles. The maximum atomic E-state index is 10.2. The van der Waals surface area contributed by atoms with Crippen LogP contribution in [0.3, 0.4) is 0 Å². The summed E-state index contributed by atoms with van der Waals surface area (Å²) in [7, 11) is 0. The van der Waals surface area contributed by atoms with E-state index >= 15 is 0 Å². The van der Waals surface area contributed by atoms with Crippen LogP contribution in [0.25, 0.3) is 0 Å². The van der Waals surface area contributed by atoms with E-state index in [1.165, 1.54) is 0 Å². The number of nitrogens with zero attached hydrogens (tertiary/aromatic N) is 1. The first-order valence-electron chi connectivity index (χ1n) is 3.45. The summed E-state index contributed by atoms with van der Waals surface area (Å²) < 4.78 is 0. The molecule has 0 unspecified atom stereocenters. The van der Waals surface area contributed by atoms with E-state index in [2.05, 4.69) is 0 Å². The Bertz CT molecular complexity index is 111. The van der Waals surface area contributed by atoms with Crippen LogP contribution >= 0.6 is 0 Å². The van der Waals surface area contributed by atoms with Crippen LogP contribution in [0.5, 0.6) is 0 Å². The lowest BCUT2D eigenvalue weighted by Gasteiger charge is -2.16. The van der Waals surface area contributed by atoms with Gasteiger partial charge in [0.15, 0.2) is 0 Å². The minimum Gasteiger partial charge on any atom is -0.480 e. The Morgan fingerprint density at radius 1 is 1.36 bits per heavy atom. The van der Waals surface area contributed by atoms with E-state index < -0.39 is 5.97 Å². The summed E-state index contributed by atoms with van der Waals surface area (Å²) in [5.74, 6) is -0.980. The summed E-state index contributed by atoms with van der Waals surface area (Å²) in [6.45, 7) is 4.05. The molecule has 5 nitrogen and oxygen atoms in total. The Hall–Kier alpha value is -0.650. The number of hydroxylamine groups is 2. The zero-order chi connectivity index (χ0) is 8.69. The van der Waals surface area contributed by atoms with E-state index in [4.69, 9.17) is 14.8 Å². The zero-order valence-corrected chi connectivity index (χ0v) is 6.74. The summed E-state index contributed by atoms with van der Waals surface area (Å²) in [5.41, 5.74) is 0. The summed E-state index contributed by atoms with van der Waals surface area (Å²) in [4.78, 5) is 19.8. The normalized spacial score (nSPS) is 10.5. The van der Waals surface area contributed by atoms with Gasteiger partial charge in [0, 0.05) is 0 Å². The van der Waals surface area contributed by atoms with Gasteiger partial charge in [0.1, 0.15) is 6.54 Å². The first kappa shape index (κ1) is 10.3. The minimum atomic E-state index is -0.980. The van der Waals surface area contributed by atoms with E-state index in [0.717, 1.165) is 5.23 Å².